The number of allylic oxidation sites excluding steroid dienone is 4. The fraction of sp³-hybridized carbons (Fsp3) is 0.171. The van der Waals surface area contributed by atoms with E-state index in [1.54, 1.807) is 7.69 Å². The molecular weight excluding hydrogens is 539 g/mol. The van der Waals surface area contributed by atoms with Crippen LogP contribution in [0, 0.1) is 27.7 Å². The fourth-order valence-corrected chi connectivity index (χ4v) is 11.6. The van der Waals surface area contributed by atoms with Crippen molar-refractivity contribution in [3.8, 4) is 11.1 Å². The standard InChI is InChI=1S/C15H13.C15H14.C5H5.2ClH.Ti/c1-10-3-5-12-9-13-6-4-11(2)8-15(13)14(12)7-10;1-12-3-7-14(8-4-12)11-15-9-5-13(2)6-10-15;1-2-4-5-3-1;;;/h3-9H,1-2H3;3-10H,1-2H3;1-3H,4H2;2*1H;/q;;;;;+2/p-2. The number of halogens is 2. The van der Waals surface area contributed by atoms with Gasteiger partial charge < -0.3 is 24.8 Å². The first-order valence-corrected chi connectivity index (χ1v) is 15.4. The summed E-state index contributed by atoms with van der Waals surface area (Å²) in [5, 5.41) is 0. The third-order valence-corrected chi connectivity index (χ3v) is 13.0. The van der Waals surface area contributed by atoms with Gasteiger partial charge in [-0.3, -0.25) is 0 Å². The van der Waals surface area contributed by atoms with Crippen LogP contribution in [0.4, 0.5) is 0 Å². The van der Waals surface area contributed by atoms with Crippen LogP contribution in [0.15, 0.2) is 107 Å². The number of hydrogen-bond donors (Lipinski definition) is 0. The van der Waals surface area contributed by atoms with Crippen LogP contribution in [-0.2, 0) is 17.4 Å². The molecule has 2 aliphatic carbocycles. The maximum atomic E-state index is 2.44. The summed E-state index contributed by atoms with van der Waals surface area (Å²) >= 11 is -2.12. The summed E-state index contributed by atoms with van der Waals surface area (Å²) < 4.78 is 3.70. The second-order valence-corrected chi connectivity index (χ2v) is 14.4. The van der Waals surface area contributed by atoms with Crippen LogP contribution in [0.2, 0.25) is 0 Å². The molecule has 0 nitrogen and oxygen atoms in total. The molecule has 2 aliphatic rings. The smallest absolute Gasteiger partial charge is 1.00 e. The fourth-order valence-electron chi connectivity index (χ4n) is 5.84. The van der Waals surface area contributed by atoms with E-state index in [0.29, 0.717) is 4.22 Å². The van der Waals surface area contributed by atoms with Gasteiger partial charge in [-0.05, 0) is 0 Å². The molecule has 0 saturated carbocycles. The zero-order valence-electron chi connectivity index (χ0n) is 22.4. The minimum atomic E-state index is -2.12. The molecule has 0 radical (unpaired) electrons. The molecule has 0 amide bonds. The number of aryl methyl sites for hydroxylation is 4. The molecule has 0 atom stereocenters. The van der Waals surface area contributed by atoms with Crippen molar-refractivity contribution in [1.82, 2.24) is 0 Å². The largest absolute Gasteiger partial charge is 1.00 e. The van der Waals surface area contributed by atoms with Crippen molar-refractivity contribution in [1.29, 1.82) is 0 Å². The number of fused-ring (bicyclic) bond motifs is 3. The van der Waals surface area contributed by atoms with Gasteiger partial charge in [0.2, 0.25) is 0 Å². The van der Waals surface area contributed by atoms with Gasteiger partial charge in [-0.1, -0.05) is 0 Å². The normalized spacial score (nSPS) is 13.0. The summed E-state index contributed by atoms with van der Waals surface area (Å²) in [7, 11) is 0. The van der Waals surface area contributed by atoms with E-state index in [1.807, 2.05) is 0 Å². The Morgan fingerprint density at radius 3 is 1.47 bits per heavy atom. The Morgan fingerprint density at radius 1 is 0.605 bits per heavy atom. The summed E-state index contributed by atoms with van der Waals surface area (Å²) in [6.07, 6.45) is 8.16. The van der Waals surface area contributed by atoms with E-state index in [2.05, 4.69) is 131 Å². The minimum Gasteiger partial charge on any atom is -1.00 e. The predicted molar refractivity (Wildman–Crippen MR) is 151 cm³/mol. The molecule has 0 bridgehead atoms. The molecule has 6 rings (SSSR count). The van der Waals surface area contributed by atoms with Gasteiger partial charge in [-0.15, -0.1) is 0 Å². The van der Waals surface area contributed by atoms with Gasteiger partial charge in [-0.25, -0.2) is 0 Å². The molecule has 0 spiro atoms. The summed E-state index contributed by atoms with van der Waals surface area (Å²) in [6.45, 7) is 8.81. The van der Waals surface area contributed by atoms with Crippen LogP contribution in [0.1, 0.15) is 55.2 Å². The first-order chi connectivity index (χ1) is 17.5. The van der Waals surface area contributed by atoms with E-state index < -0.39 is 17.4 Å². The van der Waals surface area contributed by atoms with Crippen molar-refractivity contribution in [2.45, 2.75) is 38.3 Å². The number of hydrogen-bond acceptors (Lipinski definition) is 0. The Hall–Kier alpha value is -2.48. The Balaban J connectivity index is 0.00000168. The Bertz CT molecular complexity index is 1470. The van der Waals surface area contributed by atoms with Crippen molar-refractivity contribution in [3.05, 3.63) is 152 Å². The molecule has 0 aliphatic heterocycles. The summed E-state index contributed by atoms with van der Waals surface area (Å²) in [5.41, 5.74) is 14.0. The van der Waals surface area contributed by atoms with Gasteiger partial charge in [0.1, 0.15) is 0 Å². The van der Waals surface area contributed by atoms with Crippen molar-refractivity contribution in [2.24, 2.45) is 0 Å². The summed E-state index contributed by atoms with van der Waals surface area (Å²) in [6, 6.07) is 32.9. The van der Waals surface area contributed by atoms with Crippen molar-refractivity contribution in [2.75, 3.05) is 0 Å². The van der Waals surface area contributed by atoms with E-state index in [4.69, 9.17) is 0 Å². The van der Waals surface area contributed by atoms with Gasteiger partial charge in [0.25, 0.3) is 0 Å². The van der Waals surface area contributed by atoms with Crippen molar-refractivity contribution >= 4 is 3.81 Å². The third kappa shape index (κ3) is 5.21. The molecule has 0 saturated heterocycles. The molecule has 4 aromatic rings. The van der Waals surface area contributed by atoms with Crippen molar-refractivity contribution < 1.29 is 42.2 Å². The van der Waals surface area contributed by atoms with Crippen LogP contribution >= 0.6 is 0 Å². The van der Waals surface area contributed by atoms with Crippen LogP contribution in [0.3, 0.4) is 0 Å². The van der Waals surface area contributed by atoms with E-state index in [1.165, 1.54) is 55.6 Å². The first-order valence-electron chi connectivity index (χ1n) is 13.0. The molecule has 190 valence electrons. The number of benzene rings is 4. The van der Waals surface area contributed by atoms with E-state index in [0.717, 1.165) is 6.42 Å². The Labute approximate surface area is 245 Å². The van der Waals surface area contributed by atoms with E-state index >= 15 is 0 Å². The van der Waals surface area contributed by atoms with Crippen LogP contribution < -0.4 is 24.8 Å². The number of rotatable bonds is 4. The third-order valence-electron chi connectivity index (χ3n) is 7.69. The monoisotopic (exact) mass is 570 g/mol. The van der Waals surface area contributed by atoms with Gasteiger partial charge in [0.05, 0.1) is 0 Å². The molecule has 3 heteroatoms. The SMILES string of the molecule is Cc1ccc([C](c2ccc(C)cc2)=[Ti+2]([C]2=CC=CC2)[CH]2c3ccc(C)cc3-c3cc(C)ccc32)cc1.[Cl-].[Cl-]. The predicted octanol–water partition coefficient (Wildman–Crippen LogP) is 2.73. The van der Waals surface area contributed by atoms with E-state index in [-0.39, 0.29) is 24.8 Å². The van der Waals surface area contributed by atoms with E-state index in [9.17, 15) is 0 Å². The second kappa shape index (κ2) is 11.7. The quantitative estimate of drug-likeness (QED) is 0.331. The Morgan fingerprint density at radius 2 is 1.05 bits per heavy atom. The maximum absolute atomic E-state index is 2.44. The minimum absolute atomic E-state index is 0. The van der Waals surface area contributed by atoms with Crippen molar-refractivity contribution in [3.63, 3.8) is 0 Å². The first kappa shape index (κ1) is 28.5. The second-order valence-electron chi connectivity index (χ2n) is 10.5. The average Bonchev–Trinajstić information content (AvgIpc) is 3.51. The topological polar surface area (TPSA) is 0 Å². The van der Waals surface area contributed by atoms with Gasteiger partial charge in [0, 0.05) is 0 Å². The molecular formula is C35H32Cl2Ti. The molecule has 0 fully saturated rings. The molecule has 4 aromatic carbocycles. The maximum Gasteiger partial charge on any atom is -1.00 e. The summed E-state index contributed by atoms with van der Waals surface area (Å²) in [5.74, 6) is 0. The molecule has 38 heavy (non-hydrogen) atoms. The average molecular weight is 571 g/mol. The van der Waals surface area contributed by atoms with Gasteiger partial charge >= 0.3 is 222 Å². The van der Waals surface area contributed by atoms with Crippen LogP contribution in [0.5, 0.6) is 0 Å². The zero-order valence-corrected chi connectivity index (χ0v) is 25.4. The molecule has 0 N–H and O–H groups in total. The summed E-state index contributed by atoms with van der Waals surface area (Å²) in [4.78, 5) is 0. The van der Waals surface area contributed by atoms with Gasteiger partial charge in [0.15, 0.2) is 0 Å². The van der Waals surface area contributed by atoms with Gasteiger partial charge in [-0.2, -0.15) is 0 Å². The Kier molecular flexibility index (Phi) is 8.80. The molecule has 0 unspecified atom stereocenters. The molecule has 0 heterocycles. The molecule has 0 aromatic heterocycles. The zero-order chi connectivity index (χ0) is 24.8. The van der Waals surface area contributed by atoms with Crippen LogP contribution in [-0.4, -0.2) is 3.81 Å². The van der Waals surface area contributed by atoms with Crippen LogP contribution in [0.25, 0.3) is 11.1 Å².